The van der Waals surface area contributed by atoms with Crippen molar-refractivity contribution in [3.63, 3.8) is 0 Å². The fraction of sp³-hybridized carbons (Fsp3) is 0.583. The van der Waals surface area contributed by atoms with Crippen molar-refractivity contribution >= 4 is 29.4 Å². The summed E-state index contributed by atoms with van der Waals surface area (Å²) in [6.45, 7) is 6.59. The zero-order chi connectivity index (χ0) is 21.5. The molecule has 0 amide bonds. The SMILES string of the molecule is Cn1c(SCCN2CCCCC2)nnc1C1CCN(C/C(Cl)=C/c2ccccc2)CC1. The number of thioether (sulfide) groups is 1. The van der Waals surface area contributed by atoms with Crippen molar-refractivity contribution in [3.8, 4) is 0 Å². The summed E-state index contributed by atoms with van der Waals surface area (Å²) in [4.78, 5) is 5.03. The number of aromatic nitrogens is 3. The molecule has 1 aromatic heterocycles. The number of piperidine rings is 2. The fourth-order valence-corrected chi connectivity index (χ4v) is 5.81. The normalized spacial score (nSPS) is 19.7. The van der Waals surface area contributed by atoms with E-state index in [0.29, 0.717) is 5.92 Å². The largest absolute Gasteiger partial charge is 0.309 e. The predicted molar refractivity (Wildman–Crippen MR) is 131 cm³/mol. The van der Waals surface area contributed by atoms with Gasteiger partial charge < -0.3 is 9.47 Å². The third-order valence-corrected chi connectivity index (χ3v) is 7.64. The Hall–Kier alpha value is -1.34. The molecule has 2 fully saturated rings. The van der Waals surface area contributed by atoms with Crippen LogP contribution in [-0.4, -0.2) is 69.6 Å². The number of benzene rings is 1. The molecule has 4 rings (SSSR count). The zero-order valence-electron chi connectivity index (χ0n) is 18.5. The Bertz CT molecular complexity index is 839. The van der Waals surface area contributed by atoms with E-state index in [1.165, 1.54) is 32.4 Å². The van der Waals surface area contributed by atoms with Crippen LogP contribution in [0.5, 0.6) is 0 Å². The Morgan fingerprint density at radius 2 is 1.77 bits per heavy atom. The van der Waals surface area contributed by atoms with Crippen LogP contribution in [0.3, 0.4) is 0 Å². The Labute approximate surface area is 195 Å². The van der Waals surface area contributed by atoms with Gasteiger partial charge in [0.15, 0.2) is 5.16 Å². The summed E-state index contributed by atoms with van der Waals surface area (Å²) in [5, 5.41) is 11.0. The Morgan fingerprint density at radius 3 is 2.52 bits per heavy atom. The molecule has 31 heavy (non-hydrogen) atoms. The quantitative estimate of drug-likeness (QED) is 0.527. The molecule has 7 heteroatoms. The van der Waals surface area contributed by atoms with Crippen molar-refractivity contribution in [2.75, 3.05) is 45.0 Å². The molecule has 0 N–H and O–H groups in total. The maximum Gasteiger partial charge on any atom is 0.191 e. The first-order valence-electron chi connectivity index (χ1n) is 11.6. The Balaban J connectivity index is 1.23. The first-order valence-corrected chi connectivity index (χ1v) is 12.9. The molecule has 0 radical (unpaired) electrons. The lowest BCUT2D eigenvalue weighted by Gasteiger charge is -2.31. The van der Waals surface area contributed by atoms with Gasteiger partial charge in [-0.05, 0) is 63.5 Å². The van der Waals surface area contributed by atoms with E-state index in [9.17, 15) is 0 Å². The maximum absolute atomic E-state index is 6.52. The van der Waals surface area contributed by atoms with Crippen LogP contribution in [-0.2, 0) is 7.05 Å². The number of likely N-dealkylation sites (tertiary alicyclic amines) is 2. The lowest BCUT2D eigenvalue weighted by atomic mass is 9.96. The summed E-state index contributed by atoms with van der Waals surface area (Å²) in [5.41, 5.74) is 1.16. The van der Waals surface area contributed by atoms with Crippen LogP contribution in [0.15, 0.2) is 40.5 Å². The molecule has 2 aliphatic rings. The molecule has 0 bridgehead atoms. The summed E-state index contributed by atoms with van der Waals surface area (Å²) in [5.74, 6) is 2.73. The zero-order valence-corrected chi connectivity index (χ0v) is 20.1. The molecular weight excluding hydrogens is 426 g/mol. The van der Waals surface area contributed by atoms with Gasteiger partial charge in [0.1, 0.15) is 5.82 Å². The van der Waals surface area contributed by atoms with Gasteiger partial charge in [-0.2, -0.15) is 0 Å². The molecular formula is C24H34ClN5S. The second-order valence-corrected chi connectivity index (χ2v) is 10.3. The van der Waals surface area contributed by atoms with E-state index in [-0.39, 0.29) is 0 Å². The van der Waals surface area contributed by atoms with Crippen LogP contribution in [0, 0.1) is 0 Å². The highest BCUT2D eigenvalue weighted by molar-refractivity contribution is 7.99. The highest BCUT2D eigenvalue weighted by atomic mass is 35.5. The summed E-state index contributed by atoms with van der Waals surface area (Å²) >= 11 is 8.37. The third-order valence-electron chi connectivity index (χ3n) is 6.41. The van der Waals surface area contributed by atoms with Crippen molar-refractivity contribution in [2.45, 2.75) is 43.2 Å². The van der Waals surface area contributed by atoms with Gasteiger partial charge in [0.05, 0.1) is 0 Å². The summed E-state index contributed by atoms with van der Waals surface area (Å²) in [6, 6.07) is 10.3. The van der Waals surface area contributed by atoms with E-state index in [2.05, 4.69) is 49.8 Å². The number of hydrogen-bond donors (Lipinski definition) is 0. The van der Waals surface area contributed by atoms with Crippen molar-refractivity contribution in [3.05, 3.63) is 46.8 Å². The molecule has 0 aliphatic carbocycles. The Kier molecular flexibility index (Phi) is 8.48. The van der Waals surface area contributed by atoms with Crippen LogP contribution in [0.1, 0.15) is 49.4 Å². The number of hydrogen-bond acceptors (Lipinski definition) is 5. The van der Waals surface area contributed by atoms with Crippen LogP contribution in [0.2, 0.25) is 0 Å². The molecule has 2 saturated heterocycles. The van der Waals surface area contributed by atoms with Crippen LogP contribution < -0.4 is 0 Å². The Morgan fingerprint density at radius 1 is 1.03 bits per heavy atom. The van der Waals surface area contributed by atoms with Crippen LogP contribution in [0.25, 0.3) is 6.08 Å². The van der Waals surface area contributed by atoms with Gasteiger partial charge in [-0.25, -0.2) is 0 Å². The van der Waals surface area contributed by atoms with E-state index >= 15 is 0 Å². The second-order valence-electron chi connectivity index (χ2n) is 8.70. The van der Waals surface area contributed by atoms with Gasteiger partial charge in [-0.1, -0.05) is 60.1 Å². The minimum Gasteiger partial charge on any atom is -0.309 e. The fourth-order valence-electron chi connectivity index (χ4n) is 4.60. The minimum atomic E-state index is 0.488. The lowest BCUT2D eigenvalue weighted by molar-refractivity contribution is 0.226. The molecule has 2 aromatic rings. The topological polar surface area (TPSA) is 37.2 Å². The van der Waals surface area contributed by atoms with E-state index in [4.69, 9.17) is 11.6 Å². The number of halogens is 1. The van der Waals surface area contributed by atoms with Gasteiger partial charge >= 0.3 is 0 Å². The highest BCUT2D eigenvalue weighted by Crippen LogP contribution is 2.29. The third kappa shape index (κ3) is 6.58. The van der Waals surface area contributed by atoms with Gasteiger partial charge in [0.2, 0.25) is 0 Å². The molecule has 0 spiro atoms. The smallest absolute Gasteiger partial charge is 0.191 e. The van der Waals surface area contributed by atoms with Crippen LogP contribution >= 0.6 is 23.4 Å². The monoisotopic (exact) mass is 459 g/mol. The highest BCUT2D eigenvalue weighted by Gasteiger charge is 2.25. The van der Waals surface area contributed by atoms with Crippen molar-refractivity contribution in [1.82, 2.24) is 24.6 Å². The van der Waals surface area contributed by atoms with Crippen molar-refractivity contribution in [1.29, 1.82) is 0 Å². The molecule has 168 valence electrons. The van der Waals surface area contributed by atoms with E-state index in [1.54, 1.807) is 0 Å². The maximum atomic E-state index is 6.52. The van der Waals surface area contributed by atoms with Gasteiger partial charge in [0, 0.05) is 36.8 Å². The van der Waals surface area contributed by atoms with Gasteiger partial charge in [-0.3, -0.25) is 4.90 Å². The van der Waals surface area contributed by atoms with Crippen molar-refractivity contribution < 1.29 is 0 Å². The number of nitrogens with zero attached hydrogens (tertiary/aromatic N) is 5. The van der Waals surface area contributed by atoms with Crippen LogP contribution in [0.4, 0.5) is 0 Å². The second kappa shape index (κ2) is 11.5. The molecule has 1 aromatic carbocycles. The van der Waals surface area contributed by atoms with E-state index < -0.39 is 0 Å². The molecule has 5 nitrogen and oxygen atoms in total. The van der Waals surface area contributed by atoms with Gasteiger partial charge in [0.25, 0.3) is 0 Å². The predicted octanol–water partition coefficient (Wildman–Crippen LogP) is 4.85. The first kappa shape index (κ1) is 22.8. The summed E-state index contributed by atoms with van der Waals surface area (Å²) in [7, 11) is 2.13. The molecule has 0 unspecified atom stereocenters. The van der Waals surface area contributed by atoms with Crippen molar-refractivity contribution in [2.24, 2.45) is 7.05 Å². The number of rotatable bonds is 8. The standard InChI is InChI=1S/C24H34ClN5S/c1-28-23(26-27-24(28)31-17-16-29-12-6-3-7-13-29)21-10-14-30(15-11-21)19-22(25)18-20-8-4-2-5-9-20/h2,4-5,8-9,18,21H,3,6-7,10-17,19H2,1H3/b22-18-. The summed E-state index contributed by atoms with van der Waals surface area (Å²) < 4.78 is 2.23. The molecule has 3 heterocycles. The lowest BCUT2D eigenvalue weighted by Crippen LogP contribution is -2.34. The minimum absolute atomic E-state index is 0.488. The van der Waals surface area contributed by atoms with Gasteiger partial charge in [-0.15, -0.1) is 10.2 Å². The molecule has 2 aliphatic heterocycles. The molecule has 0 atom stereocenters. The average Bonchev–Trinajstić information content (AvgIpc) is 3.16. The first-order chi connectivity index (χ1) is 15.2. The summed E-state index contributed by atoms with van der Waals surface area (Å²) in [6.07, 6.45) is 8.39. The molecule has 0 saturated carbocycles. The van der Waals surface area contributed by atoms with E-state index in [1.807, 2.05) is 30.0 Å². The van der Waals surface area contributed by atoms with E-state index in [0.717, 1.165) is 66.4 Å². The average molecular weight is 460 g/mol.